The van der Waals surface area contributed by atoms with Crippen LogP contribution < -0.4 is 14.8 Å². The Bertz CT molecular complexity index is 1020. The van der Waals surface area contributed by atoms with Crippen LogP contribution in [0, 0.1) is 0 Å². The lowest BCUT2D eigenvalue weighted by atomic mass is 10.0. The Hall–Kier alpha value is -3.12. The largest absolute Gasteiger partial charge is 0.490 e. The summed E-state index contributed by atoms with van der Waals surface area (Å²) in [4.78, 5) is 11.6. The third-order valence-electron chi connectivity index (χ3n) is 6.36. The number of unbranched alkanes of at least 4 members (excludes halogenated alkanes) is 2. The first-order valence-electron chi connectivity index (χ1n) is 13.0. The monoisotopic (exact) mass is 474 g/mol. The lowest BCUT2D eigenvalue weighted by Crippen LogP contribution is -2.38. The van der Waals surface area contributed by atoms with Crippen molar-refractivity contribution in [3.05, 3.63) is 66.5 Å². The first-order chi connectivity index (χ1) is 17.2. The standard InChI is InChI=1S/C29H38N4O2/c1-3-5-9-18-35-27-13-12-23(19-28(27)34-4-2)22-33-16-14-25(15-17-33)32-26-20-30-29(31-21-26)24-10-7-6-8-11-24/h6-8,10-13,19-21,25,32H,3-5,9,14-18,22H2,1-2H3. The van der Waals surface area contributed by atoms with E-state index in [4.69, 9.17) is 9.47 Å². The average Bonchev–Trinajstić information content (AvgIpc) is 2.90. The molecule has 1 fully saturated rings. The molecule has 1 N–H and O–H groups in total. The lowest BCUT2D eigenvalue weighted by Gasteiger charge is -2.32. The summed E-state index contributed by atoms with van der Waals surface area (Å²) in [7, 11) is 0. The van der Waals surface area contributed by atoms with Gasteiger partial charge in [-0.3, -0.25) is 4.90 Å². The number of hydrogen-bond donors (Lipinski definition) is 1. The van der Waals surface area contributed by atoms with Gasteiger partial charge < -0.3 is 14.8 Å². The van der Waals surface area contributed by atoms with E-state index in [-0.39, 0.29) is 0 Å². The van der Waals surface area contributed by atoms with E-state index in [9.17, 15) is 0 Å². The SMILES string of the molecule is CCCCCOc1ccc(CN2CCC(Nc3cnc(-c4ccccc4)nc3)CC2)cc1OCC. The van der Waals surface area contributed by atoms with Crippen molar-refractivity contribution in [3.8, 4) is 22.9 Å². The molecule has 1 aliphatic heterocycles. The summed E-state index contributed by atoms with van der Waals surface area (Å²) >= 11 is 0. The minimum Gasteiger partial charge on any atom is -0.490 e. The van der Waals surface area contributed by atoms with Crippen molar-refractivity contribution in [3.63, 3.8) is 0 Å². The van der Waals surface area contributed by atoms with Crippen LogP contribution in [-0.4, -0.2) is 47.2 Å². The lowest BCUT2D eigenvalue weighted by molar-refractivity contribution is 0.210. The molecule has 0 bridgehead atoms. The normalized spacial score (nSPS) is 14.6. The Kier molecular flexibility index (Phi) is 9.35. The number of nitrogens with one attached hydrogen (secondary N) is 1. The van der Waals surface area contributed by atoms with Gasteiger partial charge in [-0.15, -0.1) is 0 Å². The van der Waals surface area contributed by atoms with Gasteiger partial charge in [0.2, 0.25) is 0 Å². The van der Waals surface area contributed by atoms with Crippen molar-refractivity contribution in [2.24, 2.45) is 0 Å². The fourth-order valence-corrected chi connectivity index (χ4v) is 4.44. The third kappa shape index (κ3) is 7.43. The second kappa shape index (κ2) is 13.1. The van der Waals surface area contributed by atoms with Gasteiger partial charge in [0, 0.05) is 31.2 Å². The van der Waals surface area contributed by atoms with Crippen LogP contribution in [0.25, 0.3) is 11.4 Å². The average molecular weight is 475 g/mol. The maximum absolute atomic E-state index is 5.98. The molecule has 6 heteroatoms. The molecule has 2 heterocycles. The number of hydrogen-bond acceptors (Lipinski definition) is 6. The van der Waals surface area contributed by atoms with Gasteiger partial charge in [-0.05, 0) is 43.9 Å². The second-order valence-corrected chi connectivity index (χ2v) is 9.13. The number of piperidine rings is 1. The molecule has 0 amide bonds. The van der Waals surface area contributed by atoms with Crippen LogP contribution in [-0.2, 0) is 6.54 Å². The molecule has 0 atom stereocenters. The highest BCUT2D eigenvalue weighted by Crippen LogP contribution is 2.30. The summed E-state index contributed by atoms with van der Waals surface area (Å²) in [5.74, 6) is 2.47. The highest BCUT2D eigenvalue weighted by atomic mass is 16.5. The molecule has 0 aliphatic carbocycles. The van der Waals surface area contributed by atoms with Crippen molar-refractivity contribution >= 4 is 5.69 Å². The number of rotatable bonds is 12. The molecule has 2 aromatic carbocycles. The number of aromatic nitrogens is 2. The van der Waals surface area contributed by atoms with Gasteiger partial charge in [0.25, 0.3) is 0 Å². The molecular weight excluding hydrogens is 436 g/mol. The van der Waals surface area contributed by atoms with Gasteiger partial charge in [-0.25, -0.2) is 9.97 Å². The molecule has 0 spiro atoms. The molecule has 4 rings (SSSR count). The number of benzene rings is 2. The fourth-order valence-electron chi connectivity index (χ4n) is 4.44. The third-order valence-corrected chi connectivity index (χ3v) is 6.36. The number of likely N-dealkylation sites (tertiary alicyclic amines) is 1. The molecule has 1 aromatic heterocycles. The Morgan fingerprint density at radius 1 is 0.914 bits per heavy atom. The van der Waals surface area contributed by atoms with E-state index in [1.165, 1.54) is 18.4 Å². The highest BCUT2D eigenvalue weighted by Gasteiger charge is 2.20. The van der Waals surface area contributed by atoms with E-state index >= 15 is 0 Å². The second-order valence-electron chi connectivity index (χ2n) is 9.13. The topological polar surface area (TPSA) is 59.5 Å². The van der Waals surface area contributed by atoms with Crippen LogP contribution in [0.2, 0.25) is 0 Å². The molecule has 186 valence electrons. The molecule has 0 radical (unpaired) electrons. The maximum Gasteiger partial charge on any atom is 0.161 e. The van der Waals surface area contributed by atoms with Crippen LogP contribution in [0.1, 0.15) is 51.5 Å². The summed E-state index contributed by atoms with van der Waals surface area (Å²) in [6.07, 6.45) is 9.44. The van der Waals surface area contributed by atoms with E-state index in [0.29, 0.717) is 12.6 Å². The van der Waals surface area contributed by atoms with Crippen molar-refractivity contribution in [1.82, 2.24) is 14.9 Å². The first-order valence-corrected chi connectivity index (χ1v) is 13.0. The summed E-state index contributed by atoms with van der Waals surface area (Å²) in [5.41, 5.74) is 3.29. The number of anilines is 1. The van der Waals surface area contributed by atoms with E-state index in [2.05, 4.69) is 45.3 Å². The van der Waals surface area contributed by atoms with Crippen LogP contribution in [0.5, 0.6) is 11.5 Å². The summed E-state index contributed by atoms with van der Waals surface area (Å²) in [6, 6.07) is 16.9. The van der Waals surface area contributed by atoms with Gasteiger partial charge in [0.05, 0.1) is 31.3 Å². The van der Waals surface area contributed by atoms with Crippen molar-refractivity contribution in [2.45, 2.75) is 58.5 Å². The van der Waals surface area contributed by atoms with Gasteiger partial charge in [-0.2, -0.15) is 0 Å². The zero-order chi connectivity index (χ0) is 24.3. The van der Waals surface area contributed by atoms with Crippen LogP contribution >= 0.6 is 0 Å². The van der Waals surface area contributed by atoms with Crippen molar-refractivity contribution in [2.75, 3.05) is 31.6 Å². The molecule has 3 aromatic rings. The van der Waals surface area contributed by atoms with Crippen LogP contribution in [0.4, 0.5) is 5.69 Å². The van der Waals surface area contributed by atoms with Crippen LogP contribution in [0.15, 0.2) is 60.9 Å². The van der Waals surface area contributed by atoms with Crippen molar-refractivity contribution in [1.29, 1.82) is 0 Å². The minimum absolute atomic E-state index is 0.440. The fraction of sp³-hybridized carbons (Fsp3) is 0.448. The molecule has 6 nitrogen and oxygen atoms in total. The molecule has 1 saturated heterocycles. The Morgan fingerprint density at radius 3 is 2.40 bits per heavy atom. The molecule has 0 saturated carbocycles. The quantitative estimate of drug-likeness (QED) is 0.316. The van der Waals surface area contributed by atoms with E-state index in [1.54, 1.807) is 0 Å². The predicted molar refractivity (Wildman–Crippen MR) is 142 cm³/mol. The highest BCUT2D eigenvalue weighted by molar-refractivity contribution is 5.55. The zero-order valence-electron chi connectivity index (χ0n) is 21.1. The van der Waals surface area contributed by atoms with Gasteiger partial charge in [0.15, 0.2) is 17.3 Å². The molecular formula is C29H38N4O2. The van der Waals surface area contributed by atoms with E-state index in [0.717, 1.165) is 74.1 Å². The summed E-state index contributed by atoms with van der Waals surface area (Å²) in [6.45, 7) is 8.65. The smallest absolute Gasteiger partial charge is 0.161 e. The van der Waals surface area contributed by atoms with E-state index < -0.39 is 0 Å². The Labute approximate surface area is 209 Å². The first kappa shape index (κ1) is 25.0. The molecule has 1 aliphatic rings. The van der Waals surface area contributed by atoms with Gasteiger partial charge >= 0.3 is 0 Å². The number of ether oxygens (including phenoxy) is 2. The summed E-state index contributed by atoms with van der Waals surface area (Å²) in [5, 5.41) is 3.62. The number of nitrogens with zero attached hydrogens (tertiary/aromatic N) is 3. The predicted octanol–water partition coefficient (Wildman–Crippen LogP) is 6.19. The van der Waals surface area contributed by atoms with Gasteiger partial charge in [0.1, 0.15) is 0 Å². The summed E-state index contributed by atoms with van der Waals surface area (Å²) < 4.78 is 11.9. The Morgan fingerprint density at radius 2 is 1.69 bits per heavy atom. The molecule has 35 heavy (non-hydrogen) atoms. The van der Waals surface area contributed by atoms with Crippen molar-refractivity contribution < 1.29 is 9.47 Å². The zero-order valence-corrected chi connectivity index (χ0v) is 21.1. The minimum atomic E-state index is 0.440. The maximum atomic E-state index is 5.98. The van der Waals surface area contributed by atoms with Gasteiger partial charge in [-0.1, -0.05) is 56.2 Å². The van der Waals surface area contributed by atoms with Crippen LogP contribution in [0.3, 0.4) is 0 Å². The van der Waals surface area contributed by atoms with E-state index in [1.807, 2.05) is 49.6 Å². The molecule has 0 unspecified atom stereocenters. The Balaban J connectivity index is 1.26.